The summed E-state index contributed by atoms with van der Waals surface area (Å²) in [6.45, 7) is 6.14. The van der Waals surface area contributed by atoms with E-state index >= 15 is 0 Å². The van der Waals surface area contributed by atoms with Crippen LogP contribution in [0.2, 0.25) is 0 Å². The molecule has 3 heteroatoms. The first kappa shape index (κ1) is 11.4. The van der Waals surface area contributed by atoms with Crippen molar-refractivity contribution in [1.29, 1.82) is 0 Å². The maximum atomic E-state index is 7.16. The highest BCUT2D eigenvalue weighted by atomic mass is 15.3. The fraction of sp³-hybridized carbons (Fsp3) is 0.538. The van der Waals surface area contributed by atoms with Crippen LogP contribution < -0.4 is 10.6 Å². The molecule has 0 unspecified atom stereocenters. The molecule has 1 saturated heterocycles. The van der Waals surface area contributed by atoms with Crippen molar-refractivity contribution in [2.45, 2.75) is 6.42 Å². The van der Waals surface area contributed by atoms with E-state index in [0.717, 1.165) is 39.1 Å². The number of piperazine rings is 1. The van der Waals surface area contributed by atoms with Gasteiger partial charge in [-0.05, 0) is 25.1 Å². The number of anilines is 1. The SMILES string of the molecule is [NH]CCCN1CCN(c2ccccc2)CC1. The quantitative estimate of drug-likeness (QED) is 0.766. The van der Waals surface area contributed by atoms with E-state index in [1.807, 2.05) is 0 Å². The predicted octanol–water partition coefficient (Wildman–Crippen LogP) is 1.48. The molecule has 0 aliphatic carbocycles. The molecule has 1 heterocycles. The molecule has 0 bridgehead atoms. The molecule has 0 spiro atoms. The van der Waals surface area contributed by atoms with Crippen LogP contribution in [0.5, 0.6) is 0 Å². The molecule has 16 heavy (non-hydrogen) atoms. The Balaban J connectivity index is 1.81. The molecule has 1 N–H and O–H groups in total. The molecule has 2 rings (SSSR count). The number of benzene rings is 1. The second-order valence-electron chi connectivity index (χ2n) is 4.27. The number of nitrogens with zero attached hydrogens (tertiary/aromatic N) is 2. The van der Waals surface area contributed by atoms with Gasteiger partial charge in [0.1, 0.15) is 0 Å². The molecule has 0 amide bonds. The molecular weight excluding hydrogens is 198 g/mol. The molecule has 1 aliphatic rings. The highest BCUT2D eigenvalue weighted by Crippen LogP contribution is 2.15. The Kier molecular flexibility index (Phi) is 4.19. The third kappa shape index (κ3) is 2.97. The highest BCUT2D eigenvalue weighted by molar-refractivity contribution is 5.46. The van der Waals surface area contributed by atoms with E-state index in [1.165, 1.54) is 5.69 Å². The van der Waals surface area contributed by atoms with E-state index in [2.05, 4.69) is 40.1 Å². The van der Waals surface area contributed by atoms with Gasteiger partial charge in [-0.15, -0.1) is 0 Å². The van der Waals surface area contributed by atoms with Crippen LogP contribution in [0.25, 0.3) is 0 Å². The second-order valence-corrected chi connectivity index (χ2v) is 4.27. The van der Waals surface area contributed by atoms with Gasteiger partial charge in [0, 0.05) is 38.4 Å². The fourth-order valence-corrected chi connectivity index (χ4v) is 2.17. The Hall–Kier alpha value is -1.06. The van der Waals surface area contributed by atoms with E-state index in [1.54, 1.807) is 0 Å². The van der Waals surface area contributed by atoms with Gasteiger partial charge < -0.3 is 4.90 Å². The standard InChI is InChI=1S/C13H20N3/c14-7-4-8-15-9-11-16(12-10-15)13-5-2-1-3-6-13/h1-3,5-6,14H,4,7-12H2. The van der Waals surface area contributed by atoms with Crippen molar-refractivity contribution in [3.8, 4) is 0 Å². The number of para-hydroxylation sites is 1. The van der Waals surface area contributed by atoms with E-state index < -0.39 is 0 Å². The molecule has 1 aliphatic heterocycles. The molecule has 87 valence electrons. The van der Waals surface area contributed by atoms with Gasteiger partial charge >= 0.3 is 0 Å². The van der Waals surface area contributed by atoms with Gasteiger partial charge in [-0.25, -0.2) is 0 Å². The van der Waals surface area contributed by atoms with Crippen molar-refractivity contribution in [2.24, 2.45) is 0 Å². The molecule has 3 nitrogen and oxygen atoms in total. The lowest BCUT2D eigenvalue weighted by molar-refractivity contribution is 0.256. The van der Waals surface area contributed by atoms with E-state index in [4.69, 9.17) is 5.73 Å². The van der Waals surface area contributed by atoms with Crippen LogP contribution in [0, 0.1) is 0 Å². The Bertz CT molecular complexity index is 291. The number of nitrogens with one attached hydrogen (secondary N) is 1. The summed E-state index contributed by atoms with van der Waals surface area (Å²) in [5.74, 6) is 0. The van der Waals surface area contributed by atoms with Gasteiger partial charge in [-0.1, -0.05) is 18.2 Å². The smallest absolute Gasteiger partial charge is 0.0367 e. The summed E-state index contributed by atoms with van der Waals surface area (Å²) in [4.78, 5) is 4.91. The normalized spacial score (nSPS) is 17.7. The van der Waals surface area contributed by atoms with Crippen LogP contribution >= 0.6 is 0 Å². The van der Waals surface area contributed by atoms with Crippen LogP contribution in [0.15, 0.2) is 30.3 Å². The lowest BCUT2D eigenvalue weighted by Gasteiger charge is -2.36. The Morgan fingerprint density at radius 1 is 1.00 bits per heavy atom. The minimum atomic E-state index is 0.554. The number of hydrogen-bond donors (Lipinski definition) is 0. The molecule has 1 aromatic rings. The summed E-state index contributed by atoms with van der Waals surface area (Å²) in [7, 11) is 0. The maximum absolute atomic E-state index is 7.16. The first-order valence-electron chi connectivity index (χ1n) is 6.07. The molecule has 0 aromatic heterocycles. The van der Waals surface area contributed by atoms with Gasteiger partial charge in [0.25, 0.3) is 0 Å². The van der Waals surface area contributed by atoms with Crippen LogP contribution in [-0.2, 0) is 0 Å². The second kappa shape index (κ2) is 5.87. The van der Waals surface area contributed by atoms with Crippen molar-refractivity contribution in [3.63, 3.8) is 0 Å². The van der Waals surface area contributed by atoms with Crippen molar-refractivity contribution in [1.82, 2.24) is 10.6 Å². The number of rotatable bonds is 4. The zero-order chi connectivity index (χ0) is 11.2. The van der Waals surface area contributed by atoms with Gasteiger partial charge in [0.05, 0.1) is 0 Å². The van der Waals surface area contributed by atoms with Crippen molar-refractivity contribution >= 4 is 5.69 Å². The molecular formula is C13H20N3. The van der Waals surface area contributed by atoms with Gasteiger partial charge in [0.15, 0.2) is 0 Å². The van der Waals surface area contributed by atoms with Crippen LogP contribution in [0.1, 0.15) is 6.42 Å². The summed E-state index contributed by atoms with van der Waals surface area (Å²) in [6.07, 6.45) is 1.01. The molecule has 1 fully saturated rings. The Morgan fingerprint density at radius 3 is 2.31 bits per heavy atom. The summed E-state index contributed by atoms with van der Waals surface area (Å²) in [5.41, 5.74) is 8.49. The first-order valence-corrected chi connectivity index (χ1v) is 6.07. The average Bonchev–Trinajstić information content (AvgIpc) is 2.38. The minimum Gasteiger partial charge on any atom is -0.369 e. The zero-order valence-corrected chi connectivity index (χ0v) is 9.73. The molecule has 0 saturated carbocycles. The lowest BCUT2D eigenvalue weighted by atomic mass is 10.2. The molecule has 1 aromatic carbocycles. The Morgan fingerprint density at radius 2 is 1.69 bits per heavy atom. The van der Waals surface area contributed by atoms with E-state index in [9.17, 15) is 0 Å². The zero-order valence-electron chi connectivity index (χ0n) is 9.73. The first-order chi connectivity index (χ1) is 7.90. The predicted molar refractivity (Wildman–Crippen MR) is 67.7 cm³/mol. The topological polar surface area (TPSA) is 30.3 Å². The summed E-state index contributed by atoms with van der Waals surface area (Å²) >= 11 is 0. The lowest BCUT2D eigenvalue weighted by Crippen LogP contribution is -2.46. The molecule has 0 atom stereocenters. The van der Waals surface area contributed by atoms with Crippen LogP contribution in [-0.4, -0.2) is 44.2 Å². The summed E-state index contributed by atoms with van der Waals surface area (Å²) in [5, 5.41) is 0. The third-order valence-electron chi connectivity index (χ3n) is 3.14. The van der Waals surface area contributed by atoms with Crippen LogP contribution in [0.3, 0.4) is 0 Å². The van der Waals surface area contributed by atoms with Crippen LogP contribution in [0.4, 0.5) is 5.69 Å². The Labute approximate surface area is 97.8 Å². The van der Waals surface area contributed by atoms with Gasteiger partial charge in [-0.3, -0.25) is 10.6 Å². The fourth-order valence-electron chi connectivity index (χ4n) is 2.17. The van der Waals surface area contributed by atoms with Crippen molar-refractivity contribution in [3.05, 3.63) is 30.3 Å². The van der Waals surface area contributed by atoms with Crippen molar-refractivity contribution in [2.75, 3.05) is 44.2 Å². The summed E-state index contributed by atoms with van der Waals surface area (Å²) < 4.78 is 0. The number of hydrogen-bond acceptors (Lipinski definition) is 2. The summed E-state index contributed by atoms with van der Waals surface area (Å²) in [6, 6.07) is 10.6. The minimum absolute atomic E-state index is 0.554. The van der Waals surface area contributed by atoms with Gasteiger partial charge in [-0.2, -0.15) is 0 Å². The van der Waals surface area contributed by atoms with E-state index in [0.29, 0.717) is 6.54 Å². The highest BCUT2D eigenvalue weighted by Gasteiger charge is 2.15. The van der Waals surface area contributed by atoms with Crippen molar-refractivity contribution < 1.29 is 0 Å². The maximum Gasteiger partial charge on any atom is 0.0367 e. The monoisotopic (exact) mass is 218 g/mol. The van der Waals surface area contributed by atoms with E-state index in [-0.39, 0.29) is 0 Å². The third-order valence-corrected chi connectivity index (χ3v) is 3.14. The molecule has 1 radical (unpaired) electrons. The average molecular weight is 218 g/mol. The van der Waals surface area contributed by atoms with Gasteiger partial charge in [0.2, 0.25) is 0 Å². The largest absolute Gasteiger partial charge is 0.369 e.